The van der Waals surface area contributed by atoms with E-state index in [9.17, 15) is 9.59 Å². The van der Waals surface area contributed by atoms with E-state index >= 15 is 17.6 Å². The number of benzene rings is 2. The van der Waals surface area contributed by atoms with Crippen LogP contribution in [0.2, 0.25) is 0 Å². The van der Waals surface area contributed by atoms with Crippen LogP contribution in [-0.4, -0.2) is 25.4 Å². The Kier molecular flexibility index (Phi) is 8.77. The second kappa shape index (κ2) is 12.0. The summed E-state index contributed by atoms with van der Waals surface area (Å²) in [6.45, 7) is 3.15. The van der Waals surface area contributed by atoms with Gasteiger partial charge in [-0.25, -0.2) is 0 Å². The van der Waals surface area contributed by atoms with Crippen LogP contribution in [0.4, 0.5) is 38.5 Å². The minimum atomic E-state index is -5.12. The summed E-state index contributed by atoms with van der Waals surface area (Å²) in [6, 6.07) is 3.99. The van der Waals surface area contributed by atoms with E-state index < -0.39 is 59.8 Å². The Labute approximate surface area is 226 Å². The zero-order chi connectivity index (χ0) is 28.2. The fraction of sp³-hybridized carbons (Fsp3) is 0.214. The SMILES string of the molecule is CCOC(=O)Nc1ccc(F)[c]([Ti]([C]2=CC=CC2)([C]2=CC=CC2)[c]2c(F)ccc(NC(=O)OCC)c2F)c1F. The molecule has 0 fully saturated rings. The summed E-state index contributed by atoms with van der Waals surface area (Å²) in [5, 5.41) is 4.52. The number of anilines is 2. The molecule has 0 saturated carbocycles. The average Bonchev–Trinajstić information content (AvgIpc) is 3.62. The molecule has 2 N–H and O–H groups in total. The van der Waals surface area contributed by atoms with Gasteiger partial charge in [0.05, 0.1) is 0 Å². The molecule has 2 aliphatic carbocycles. The number of nitrogens with one attached hydrogen (secondary N) is 2. The van der Waals surface area contributed by atoms with Gasteiger partial charge < -0.3 is 0 Å². The summed E-state index contributed by atoms with van der Waals surface area (Å²) in [5.74, 6) is -4.31. The van der Waals surface area contributed by atoms with Crippen molar-refractivity contribution < 1.29 is 53.2 Å². The van der Waals surface area contributed by atoms with Crippen LogP contribution in [0.15, 0.2) is 68.5 Å². The molecule has 2 aromatic carbocycles. The van der Waals surface area contributed by atoms with Crippen molar-refractivity contribution in [2.24, 2.45) is 0 Å². The molecule has 0 saturated heterocycles. The van der Waals surface area contributed by atoms with E-state index in [2.05, 4.69) is 10.6 Å². The Morgan fingerprint density at radius 3 is 1.49 bits per heavy atom. The third kappa shape index (κ3) is 5.31. The number of hydrogen-bond acceptors (Lipinski definition) is 4. The number of carbonyl (C=O) groups excluding carboxylic acids is 2. The van der Waals surface area contributed by atoms with Crippen LogP contribution in [0.3, 0.4) is 0 Å². The van der Waals surface area contributed by atoms with Crippen LogP contribution in [-0.2, 0) is 26.1 Å². The number of carbonyl (C=O) groups is 2. The molecule has 6 nitrogen and oxygen atoms in total. The molecule has 0 radical (unpaired) electrons. The van der Waals surface area contributed by atoms with Crippen LogP contribution in [0.5, 0.6) is 0 Å². The molecular weight excluding hydrogens is 552 g/mol. The molecule has 0 bridgehead atoms. The van der Waals surface area contributed by atoms with E-state index in [4.69, 9.17) is 9.47 Å². The van der Waals surface area contributed by atoms with Gasteiger partial charge in [0, 0.05) is 0 Å². The average molecular weight is 578 g/mol. The first kappa shape index (κ1) is 28.4. The van der Waals surface area contributed by atoms with Crippen LogP contribution in [0, 0.1) is 23.3 Å². The molecule has 39 heavy (non-hydrogen) atoms. The zero-order valence-corrected chi connectivity index (χ0v) is 22.8. The van der Waals surface area contributed by atoms with Crippen molar-refractivity contribution in [3.63, 3.8) is 0 Å². The summed E-state index contributed by atoms with van der Waals surface area (Å²) in [7, 11) is 0. The quantitative estimate of drug-likeness (QED) is 0.290. The van der Waals surface area contributed by atoms with E-state index in [1.807, 2.05) is 0 Å². The fourth-order valence-corrected chi connectivity index (χ4v) is 13.2. The second-order valence-electron chi connectivity index (χ2n) is 8.66. The normalized spacial score (nSPS) is 14.2. The van der Waals surface area contributed by atoms with Crippen molar-refractivity contribution in [3.8, 4) is 0 Å². The third-order valence-corrected chi connectivity index (χ3v) is 14.4. The predicted octanol–water partition coefficient (Wildman–Crippen LogP) is 6.17. The summed E-state index contributed by atoms with van der Waals surface area (Å²) in [6.07, 6.45) is 8.58. The molecular formula is C28H26F4N2O4Ti. The monoisotopic (exact) mass is 578 g/mol. The first-order valence-electron chi connectivity index (χ1n) is 12.3. The Hall–Kier alpha value is -3.63. The maximum absolute atomic E-state index is 16.4. The van der Waals surface area contributed by atoms with E-state index in [-0.39, 0.29) is 37.4 Å². The predicted molar refractivity (Wildman–Crippen MR) is 137 cm³/mol. The van der Waals surface area contributed by atoms with Crippen molar-refractivity contribution in [3.05, 3.63) is 91.7 Å². The summed E-state index contributed by atoms with van der Waals surface area (Å²) in [5.41, 5.74) is -0.779. The topological polar surface area (TPSA) is 76.7 Å². The molecule has 4 rings (SSSR count). The van der Waals surface area contributed by atoms with Gasteiger partial charge >= 0.3 is 227 Å². The van der Waals surface area contributed by atoms with Gasteiger partial charge in [0.1, 0.15) is 0 Å². The summed E-state index contributed by atoms with van der Waals surface area (Å²) >= 11 is -5.12. The van der Waals surface area contributed by atoms with Gasteiger partial charge in [0.2, 0.25) is 0 Å². The van der Waals surface area contributed by atoms with Crippen molar-refractivity contribution in [1.82, 2.24) is 0 Å². The molecule has 0 atom stereocenters. The molecule has 0 spiro atoms. The van der Waals surface area contributed by atoms with E-state index in [0.717, 1.165) is 24.3 Å². The van der Waals surface area contributed by atoms with Gasteiger partial charge in [-0.05, 0) is 0 Å². The van der Waals surface area contributed by atoms with Gasteiger partial charge in [0.25, 0.3) is 0 Å². The number of halogens is 4. The van der Waals surface area contributed by atoms with Gasteiger partial charge in [0.15, 0.2) is 0 Å². The van der Waals surface area contributed by atoms with Gasteiger partial charge in [-0.2, -0.15) is 0 Å². The van der Waals surface area contributed by atoms with Crippen molar-refractivity contribution in [1.29, 1.82) is 0 Å². The molecule has 11 heteroatoms. The van der Waals surface area contributed by atoms with Crippen LogP contribution in [0.25, 0.3) is 0 Å². The third-order valence-electron chi connectivity index (χ3n) is 6.46. The number of rotatable bonds is 8. The molecule has 0 aromatic heterocycles. The van der Waals surface area contributed by atoms with Gasteiger partial charge in [-0.1, -0.05) is 0 Å². The maximum atomic E-state index is 16.4. The van der Waals surface area contributed by atoms with Crippen molar-refractivity contribution >= 4 is 31.3 Å². The Morgan fingerprint density at radius 1 is 0.744 bits per heavy atom. The molecule has 2 aliphatic rings. The summed E-state index contributed by atoms with van der Waals surface area (Å²) in [4.78, 5) is 24.2. The molecule has 204 valence electrons. The van der Waals surface area contributed by atoms with E-state index in [0.29, 0.717) is 7.76 Å². The van der Waals surface area contributed by atoms with Crippen LogP contribution < -0.4 is 18.4 Å². The molecule has 0 heterocycles. The van der Waals surface area contributed by atoms with E-state index in [1.165, 1.54) is 0 Å². The van der Waals surface area contributed by atoms with Crippen molar-refractivity contribution in [2.75, 3.05) is 23.8 Å². The zero-order valence-electron chi connectivity index (χ0n) is 21.2. The molecule has 2 aromatic rings. The minimum absolute atomic E-state index is 0.0110. The molecule has 2 amide bonds. The Bertz CT molecular complexity index is 1330. The van der Waals surface area contributed by atoms with Crippen molar-refractivity contribution in [2.45, 2.75) is 26.7 Å². The van der Waals surface area contributed by atoms with Crippen LogP contribution >= 0.6 is 0 Å². The van der Waals surface area contributed by atoms with Crippen LogP contribution in [0.1, 0.15) is 26.7 Å². The van der Waals surface area contributed by atoms with E-state index in [1.54, 1.807) is 50.3 Å². The molecule has 0 aliphatic heterocycles. The first-order valence-corrected chi connectivity index (χ1v) is 15.4. The Balaban J connectivity index is 2.07. The first-order chi connectivity index (χ1) is 18.7. The second-order valence-corrected chi connectivity index (χ2v) is 14.6. The number of allylic oxidation sites excluding steroid dienone is 8. The van der Waals surface area contributed by atoms with Gasteiger partial charge in [-0.15, -0.1) is 0 Å². The number of amides is 2. The standard InChI is InChI=1S/2C9H8F2NO2.2C5H5.Ti/c2*1-2-14-9(13)12-8-4-3-6(10)5-7(8)11;2*1-2-4-5-3-1;/h2*3-4H,2H2,1H3,(H,12,13);2*1-3H,4H2;. The summed E-state index contributed by atoms with van der Waals surface area (Å²) < 4.78 is 74.3. The molecule has 0 unspecified atom stereocenters. The number of ether oxygens (including phenoxy) is 2. The Morgan fingerprint density at radius 2 is 1.15 bits per heavy atom. The van der Waals surface area contributed by atoms with Gasteiger partial charge in [-0.3, -0.25) is 0 Å². The fourth-order valence-electron chi connectivity index (χ4n) is 4.96. The number of hydrogen-bond donors (Lipinski definition) is 2.